The Morgan fingerprint density at radius 1 is 1.10 bits per heavy atom. The van der Waals surface area contributed by atoms with Crippen LogP contribution in [-0.4, -0.2) is 25.0 Å². The predicted octanol–water partition coefficient (Wildman–Crippen LogP) is 1.74. The molecule has 0 N–H and O–H groups in total. The lowest BCUT2D eigenvalue weighted by Gasteiger charge is -2.39. The van der Waals surface area contributed by atoms with Crippen LogP contribution in [0.15, 0.2) is 0 Å². The number of nitrogens with zero attached hydrogens (tertiary/aromatic N) is 1. The zero-order valence-corrected chi connectivity index (χ0v) is 6.84. The topological polar surface area (TPSA) is 3.24 Å². The van der Waals surface area contributed by atoms with Gasteiger partial charge in [-0.25, -0.2) is 0 Å². The second-order valence-corrected chi connectivity index (χ2v) is 4.12. The van der Waals surface area contributed by atoms with Crippen molar-refractivity contribution in [2.75, 3.05) is 20.1 Å². The van der Waals surface area contributed by atoms with Crippen molar-refractivity contribution in [3.8, 4) is 0 Å². The van der Waals surface area contributed by atoms with E-state index in [0.717, 1.165) is 11.8 Å². The number of rotatable bonds is 0. The van der Waals surface area contributed by atoms with Crippen molar-refractivity contribution in [2.24, 2.45) is 11.8 Å². The maximum absolute atomic E-state index is 2.51. The lowest BCUT2D eigenvalue weighted by atomic mass is 9.78. The second-order valence-electron chi connectivity index (χ2n) is 4.12. The highest BCUT2D eigenvalue weighted by Gasteiger charge is 2.28. The number of piperidine rings is 1. The van der Waals surface area contributed by atoms with Gasteiger partial charge in [-0.3, -0.25) is 0 Å². The molecule has 0 unspecified atom stereocenters. The highest BCUT2D eigenvalue weighted by atomic mass is 15.1. The van der Waals surface area contributed by atoms with Crippen LogP contribution >= 0.6 is 0 Å². The van der Waals surface area contributed by atoms with Gasteiger partial charge in [0.05, 0.1) is 0 Å². The minimum atomic E-state index is 1.05. The van der Waals surface area contributed by atoms with Crippen LogP contribution in [0.3, 0.4) is 0 Å². The van der Waals surface area contributed by atoms with E-state index in [4.69, 9.17) is 0 Å². The van der Waals surface area contributed by atoms with Gasteiger partial charge in [-0.1, -0.05) is 6.42 Å². The molecule has 10 heavy (non-hydrogen) atoms. The molecule has 0 spiro atoms. The van der Waals surface area contributed by atoms with Gasteiger partial charge in [0.2, 0.25) is 0 Å². The van der Waals surface area contributed by atoms with Crippen LogP contribution in [0.1, 0.15) is 25.7 Å². The van der Waals surface area contributed by atoms with E-state index in [1.165, 1.54) is 38.8 Å². The number of fused-ring (bicyclic) bond motifs is 2. The molecule has 2 rings (SSSR count). The summed E-state index contributed by atoms with van der Waals surface area (Å²) in [5.41, 5.74) is 0. The van der Waals surface area contributed by atoms with Gasteiger partial charge in [-0.05, 0) is 38.1 Å². The Bertz CT molecular complexity index is 106. The predicted molar refractivity (Wildman–Crippen MR) is 42.9 cm³/mol. The maximum Gasteiger partial charge on any atom is 0.000683 e. The van der Waals surface area contributed by atoms with Crippen molar-refractivity contribution in [2.45, 2.75) is 25.7 Å². The molecule has 1 heterocycles. The lowest BCUT2D eigenvalue weighted by Crippen LogP contribution is -2.40. The van der Waals surface area contributed by atoms with Crippen LogP contribution in [0.2, 0.25) is 0 Å². The van der Waals surface area contributed by atoms with Crippen LogP contribution in [0.5, 0.6) is 0 Å². The van der Waals surface area contributed by atoms with Crippen molar-refractivity contribution in [3.63, 3.8) is 0 Å². The molecule has 0 aromatic carbocycles. The van der Waals surface area contributed by atoms with E-state index >= 15 is 0 Å². The first kappa shape index (κ1) is 6.66. The number of hydrogen-bond donors (Lipinski definition) is 0. The van der Waals surface area contributed by atoms with Crippen LogP contribution in [0, 0.1) is 11.8 Å². The Hall–Kier alpha value is -0.0400. The van der Waals surface area contributed by atoms with Gasteiger partial charge >= 0.3 is 0 Å². The van der Waals surface area contributed by atoms with E-state index in [9.17, 15) is 0 Å². The standard InChI is InChI=1S/C9H17N/c1-10-6-8-3-2-4-9(5-8)7-10/h8-9H,2-7H2,1H3/t8-,9+. The number of hydrogen-bond acceptors (Lipinski definition) is 1. The van der Waals surface area contributed by atoms with Crippen molar-refractivity contribution in [1.82, 2.24) is 4.90 Å². The highest BCUT2D eigenvalue weighted by Crippen LogP contribution is 2.33. The van der Waals surface area contributed by atoms with Crippen molar-refractivity contribution in [1.29, 1.82) is 0 Å². The number of likely N-dealkylation sites (tertiary alicyclic amines) is 1. The Balaban J connectivity index is 1.98. The zero-order chi connectivity index (χ0) is 6.97. The maximum atomic E-state index is 2.51. The summed E-state index contributed by atoms with van der Waals surface area (Å²) in [6, 6.07) is 0. The first-order valence-corrected chi connectivity index (χ1v) is 4.53. The molecule has 1 nitrogen and oxygen atoms in total. The third-order valence-corrected chi connectivity index (χ3v) is 3.03. The van der Waals surface area contributed by atoms with Gasteiger partial charge < -0.3 is 4.90 Å². The van der Waals surface area contributed by atoms with Crippen LogP contribution in [0.4, 0.5) is 0 Å². The molecule has 2 bridgehead atoms. The molecule has 0 radical (unpaired) electrons. The molecular weight excluding hydrogens is 122 g/mol. The van der Waals surface area contributed by atoms with Gasteiger partial charge in [0.15, 0.2) is 0 Å². The SMILES string of the molecule is CN1C[C@@H]2CCC[C@@H](C2)C1. The average Bonchev–Trinajstić information content (AvgIpc) is 1.85. The zero-order valence-electron chi connectivity index (χ0n) is 6.84. The fourth-order valence-electron chi connectivity index (χ4n) is 2.69. The summed E-state index contributed by atoms with van der Waals surface area (Å²) >= 11 is 0. The minimum absolute atomic E-state index is 1.05. The Morgan fingerprint density at radius 3 is 2.30 bits per heavy atom. The normalized spacial score (nSPS) is 41.7. The Labute approximate surface area is 63.4 Å². The summed E-state index contributed by atoms with van der Waals surface area (Å²) in [4.78, 5) is 2.51. The fourth-order valence-corrected chi connectivity index (χ4v) is 2.69. The smallest absolute Gasteiger partial charge is 0.000683 e. The Kier molecular flexibility index (Phi) is 1.69. The summed E-state index contributed by atoms with van der Waals surface area (Å²) in [5, 5.41) is 0. The molecule has 1 heteroatoms. The lowest BCUT2D eigenvalue weighted by molar-refractivity contribution is 0.107. The summed E-state index contributed by atoms with van der Waals surface area (Å²) in [5.74, 6) is 2.11. The minimum Gasteiger partial charge on any atom is -0.306 e. The van der Waals surface area contributed by atoms with E-state index in [0.29, 0.717) is 0 Å². The first-order chi connectivity index (χ1) is 4.84. The largest absolute Gasteiger partial charge is 0.306 e. The molecule has 0 amide bonds. The Morgan fingerprint density at radius 2 is 1.70 bits per heavy atom. The van der Waals surface area contributed by atoms with Crippen molar-refractivity contribution in [3.05, 3.63) is 0 Å². The van der Waals surface area contributed by atoms with Crippen LogP contribution in [-0.2, 0) is 0 Å². The van der Waals surface area contributed by atoms with Crippen LogP contribution < -0.4 is 0 Å². The van der Waals surface area contributed by atoms with E-state index in [-0.39, 0.29) is 0 Å². The average molecular weight is 139 g/mol. The summed E-state index contributed by atoms with van der Waals surface area (Å²) in [7, 11) is 2.27. The van der Waals surface area contributed by atoms with Crippen LogP contribution in [0.25, 0.3) is 0 Å². The molecule has 58 valence electrons. The molecular formula is C9H17N. The molecule has 1 aliphatic carbocycles. The molecule has 2 fully saturated rings. The van der Waals surface area contributed by atoms with Gasteiger partial charge in [0, 0.05) is 13.1 Å². The summed E-state index contributed by atoms with van der Waals surface area (Å²) in [6.07, 6.45) is 6.04. The molecule has 1 saturated carbocycles. The molecule has 1 aliphatic heterocycles. The summed E-state index contributed by atoms with van der Waals surface area (Å²) in [6.45, 7) is 2.74. The molecule has 2 atom stereocenters. The van der Waals surface area contributed by atoms with Gasteiger partial charge in [-0.15, -0.1) is 0 Å². The quantitative estimate of drug-likeness (QED) is 0.494. The molecule has 0 aromatic rings. The van der Waals surface area contributed by atoms with Gasteiger partial charge in [0.25, 0.3) is 0 Å². The van der Waals surface area contributed by atoms with E-state index < -0.39 is 0 Å². The van der Waals surface area contributed by atoms with Crippen molar-refractivity contribution < 1.29 is 0 Å². The fraction of sp³-hybridized carbons (Fsp3) is 1.00. The van der Waals surface area contributed by atoms with E-state index in [1.54, 1.807) is 0 Å². The third kappa shape index (κ3) is 1.20. The second kappa shape index (κ2) is 2.54. The molecule has 0 aromatic heterocycles. The van der Waals surface area contributed by atoms with Gasteiger partial charge in [0.1, 0.15) is 0 Å². The summed E-state index contributed by atoms with van der Waals surface area (Å²) < 4.78 is 0. The molecule has 2 aliphatic rings. The van der Waals surface area contributed by atoms with Gasteiger partial charge in [-0.2, -0.15) is 0 Å². The third-order valence-electron chi connectivity index (χ3n) is 3.03. The monoisotopic (exact) mass is 139 g/mol. The van der Waals surface area contributed by atoms with E-state index in [1.807, 2.05) is 0 Å². The molecule has 1 saturated heterocycles. The van der Waals surface area contributed by atoms with E-state index in [2.05, 4.69) is 11.9 Å². The first-order valence-electron chi connectivity index (χ1n) is 4.53. The highest BCUT2D eigenvalue weighted by molar-refractivity contribution is 4.81. The van der Waals surface area contributed by atoms with Crippen molar-refractivity contribution >= 4 is 0 Å².